The van der Waals surface area contributed by atoms with Gasteiger partial charge >= 0.3 is 5.97 Å². The summed E-state index contributed by atoms with van der Waals surface area (Å²) in [5, 5.41) is 0. The van der Waals surface area contributed by atoms with Gasteiger partial charge in [0.1, 0.15) is 0 Å². The summed E-state index contributed by atoms with van der Waals surface area (Å²) in [6.07, 6.45) is 4.90. The van der Waals surface area contributed by atoms with Crippen molar-refractivity contribution in [1.82, 2.24) is 0 Å². The molecule has 0 bridgehead atoms. The van der Waals surface area contributed by atoms with E-state index in [1.54, 1.807) is 0 Å². The van der Waals surface area contributed by atoms with Gasteiger partial charge in [0.15, 0.2) is 0 Å². The van der Waals surface area contributed by atoms with Crippen LogP contribution >= 0.6 is 0 Å². The molecule has 0 radical (unpaired) electrons. The summed E-state index contributed by atoms with van der Waals surface area (Å²) in [6.45, 7) is 5.32. The van der Waals surface area contributed by atoms with E-state index in [9.17, 15) is 4.79 Å². The molecule has 3 nitrogen and oxygen atoms in total. The molecule has 1 aromatic rings. The first-order valence-corrected chi connectivity index (χ1v) is 6.92. The molecule has 0 aromatic heterocycles. The third kappa shape index (κ3) is 3.37. The van der Waals surface area contributed by atoms with E-state index in [1.165, 1.54) is 11.3 Å². The van der Waals surface area contributed by atoms with Crippen molar-refractivity contribution in [3.05, 3.63) is 41.6 Å². The standard InChI is InChI=1S/C16H21NO2/c1-3-19-16(18)14-9-6-7-11-17(12-14)15-10-5-4-8-13(15)2/h4-5,8,10,12H,3,6-7,9,11H2,1-2H3. The zero-order valence-corrected chi connectivity index (χ0v) is 11.7. The molecule has 1 heterocycles. The third-order valence-electron chi connectivity index (χ3n) is 3.37. The number of carbonyl (C=O) groups is 1. The summed E-state index contributed by atoms with van der Waals surface area (Å²) >= 11 is 0. The van der Waals surface area contributed by atoms with Gasteiger partial charge in [-0.25, -0.2) is 4.79 Å². The molecule has 1 aliphatic heterocycles. The second kappa shape index (κ2) is 6.41. The van der Waals surface area contributed by atoms with Gasteiger partial charge in [0.05, 0.1) is 12.2 Å². The second-order valence-electron chi connectivity index (χ2n) is 4.81. The van der Waals surface area contributed by atoms with Crippen LogP contribution < -0.4 is 4.90 Å². The van der Waals surface area contributed by atoms with Crippen molar-refractivity contribution in [2.75, 3.05) is 18.1 Å². The maximum atomic E-state index is 11.9. The molecule has 0 atom stereocenters. The van der Waals surface area contributed by atoms with Gasteiger partial charge in [0.2, 0.25) is 0 Å². The molecule has 0 fully saturated rings. The molecule has 0 amide bonds. The molecule has 2 rings (SSSR count). The lowest BCUT2D eigenvalue weighted by Gasteiger charge is -2.21. The fourth-order valence-electron chi connectivity index (χ4n) is 2.37. The highest BCUT2D eigenvalue weighted by Crippen LogP contribution is 2.25. The van der Waals surface area contributed by atoms with Crippen LogP contribution in [0.3, 0.4) is 0 Å². The third-order valence-corrected chi connectivity index (χ3v) is 3.37. The minimum absolute atomic E-state index is 0.178. The summed E-state index contributed by atoms with van der Waals surface area (Å²) in [4.78, 5) is 14.1. The molecule has 0 unspecified atom stereocenters. The highest BCUT2D eigenvalue weighted by Gasteiger charge is 2.17. The first-order chi connectivity index (χ1) is 9.22. The number of rotatable bonds is 3. The van der Waals surface area contributed by atoms with Gasteiger partial charge in [-0.3, -0.25) is 0 Å². The van der Waals surface area contributed by atoms with Crippen LogP contribution in [0.4, 0.5) is 5.69 Å². The Hall–Kier alpha value is -1.77. The lowest BCUT2D eigenvalue weighted by atomic mass is 10.1. The molecular formula is C16H21NO2. The number of hydrogen-bond acceptors (Lipinski definition) is 3. The number of esters is 1. The molecule has 1 aliphatic rings. The Balaban J connectivity index is 2.26. The summed E-state index contributed by atoms with van der Waals surface area (Å²) in [6, 6.07) is 8.26. The van der Waals surface area contributed by atoms with Crippen LogP contribution in [0.1, 0.15) is 31.7 Å². The fourth-order valence-corrected chi connectivity index (χ4v) is 2.37. The predicted octanol–water partition coefficient (Wildman–Crippen LogP) is 3.43. The normalized spacial score (nSPS) is 15.7. The monoisotopic (exact) mass is 259 g/mol. The zero-order chi connectivity index (χ0) is 13.7. The first-order valence-electron chi connectivity index (χ1n) is 6.92. The van der Waals surface area contributed by atoms with Gasteiger partial charge in [0.25, 0.3) is 0 Å². The molecule has 0 saturated carbocycles. The Bertz CT molecular complexity index is 479. The quantitative estimate of drug-likeness (QED) is 0.779. The van der Waals surface area contributed by atoms with Crippen molar-refractivity contribution < 1.29 is 9.53 Å². The van der Waals surface area contributed by atoms with Gasteiger partial charge in [-0.2, -0.15) is 0 Å². The molecule has 19 heavy (non-hydrogen) atoms. The number of hydrogen-bond donors (Lipinski definition) is 0. The summed E-state index contributed by atoms with van der Waals surface area (Å²) in [5.74, 6) is -0.178. The maximum Gasteiger partial charge on any atom is 0.335 e. The Morgan fingerprint density at radius 3 is 2.84 bits per heavy atom. The van der Waals surface area contributed by atoms with Crippen LogP contribution in [0.5, 0.6) is 0 Å². The van der Waals surface area contributed by atoms with Crippen LogP contribution in [0.15, 0.2) is 36.0 Å². The number of ether oxygens (including phenoxy) is 1. The largest absolute Gasteiger partial charge is 0.463 e. The molecule has 3 heteroatoms. The highest BCUT2D eigenvalue weighted by atomic mass is 16.5. The van der Waals surface area contributed by atoms with Crippen LogP contribution in [-0.2, 0) is 9.53 Å². The minimum atomic E-state index is -0.178. The van der Waals surface area contributed by atoms with E-state index in [-0.39, 0.29) is 5.97 Å². The van der Waals surface area contributed by atoms with Crippen LogP contribution in [0.25, 0.3) is 0 Å². The smallest absolute Gasteiger partial charge is 0.335 e. The lowest BCUT2D eigenvalue weighted by Crippen LogP contribution is -2.19. The Morgan fingerprint density at radius 1 is 1.32 bits per heavy atom. The van der Waals surface area contributed by atoms with E-state index >= 15 is 0 Å². The van der Waals surface area contributed by atoms with Gasteiger partial charge in [-0.15, -0.1) is 0 Å². The minimum Gasteiger partial charge on any atom is -0.463 e. The van der Waals surface area contributed by atoms with Crippen molar-refractivity contribution >= 4 is 11.7 Å². The lowest BCUT2D eigenvalue weighted by molar-refractivity contribution is -0.138. The molecule has 0 spiro atoms. The van der Waals surface area contributed by atoms with Crippen molar-refractivity contribution in [2.24, 2.45) is 0 Å². The molecule has 0 N–H and O–H groups in total. The Labute approximate surface area is 114 Å². The van der Waals surface area contributed by atoms with E-state index in [2.05, 4.69) is 24.0 Å². The maximum absolute atomic E-state index is 11.9. The number of nitrogens with zero attached hydrogens (tertiary/aromatic N) is 1. The number of carbonyl (C=O) groups excluding carboxylic acids is 1. The number of para-hydroxylation sites is 1. The molecule has 0 aliphatic carbocycles. The van der Waals surface area contributed by atoms with E-state index in [4.69, 9.17) is 4.74 Å². The van der Waals surface area contributed by atoms with Crippen molar-refractivity contribution in [3.8, 4) is 0 Å². The van der Waals surface area contributed by atoms with E-state index in [0.717, 1.165) is 31.4 Å². The summed E-state index contributed by atoms with van der Waals surface area (Å²) in [5.41, 5.74) is 3.18. The molecule has 102 valence electrons. The van der Waals surface area contributed by atoms with Crippen molar-refractivity contribution in [2.45, 2.75) is 33.1 Å². The average Bonchev–Trinajstić information content (AvgIpc) is 2.65. The van der Waals surface area contributed by atoms with Crippen LogP contribution in [-0.4, -0.2) is 19.1 Å². The SMILES string of the molecule is CCOC(=O)C1=CN(c2ccccc2C)CCCC1. The highest BCUT2D eigenvalue weighted by molar-refractivity contribution is 5.89. The molecule has 1 aromatic carbocycles. The predicted molar refractivity (Wildman–Crippen MR) is 77.1 cm³/mol. The van der Waals surface area contributed by atoms with Crippen LogP contribution in [0, 0.1) is 6.92 Å². The second-order valence-corrected chi connectivity index (χ2v) is 4.81. The number of anilines is 1. The van der Waals surface area contributed by atoms with E-state index in [0.29, 0.717) is 6.61 Å². The number of aryl methyl sites for hydroxylation is 1. The Morgan fingerprint density at radius 2 is 2.11 bits per heavy atom. The number of benzene rings is 1. The fraction of sp³-hybridized carbons (Fsp3) is 0.438. The van der Waals surface area contributed by atoms with Crippen molar-refractivity contribution in [3.63, 3.8) is 0 Å². The average molecular weight is 259 g/mol. The Kier molecular flexibility index (Phi) is 4.61. The van der Waals surface area contributed by atoms with Crippen LogP contribution in [0.2, 0.25) is 0 Å². The van der Waals surface area contributed by atoms with Gasteiger partial charge in [0, 0.05) is 18.4 Å². The van der Waals surface area contributed by atoms with E-state index in [1.807, 2.05) is 25.3 Å². The van der Waals surface area contributed by atoms with Gasteiger partial charge < -0.3 is 9.64 Å². The zero-order valence-electron chi connectivity index (χ0n) is 11.7. The van der Waals surface area contributed by atoms with Gasteiger partial charge in [-0.05, 0) is 44.7 Å². The topological polar surface area (TPSA) is 29.5 Å². The summed E-state index contributed by atoms with van der Waals surface area (Å²) in [7, 11) is 0. The first kappa shape index (κ1) is 13.7. The molecular weight excluding hydrogens is 238 g/mol. The molecule has 0 saturated heterocycles. The summed E-state index contributed by atoms with van der Waals surface area (Å²) < 4.78 is 5.12. The van der Waals surface area contributed by atoms with Crippen molar-refractivity contribution in [1.29, 1.82) is 0 Å². The van der Waals surface area contributed by atoms with E-state index < -0.39 is 0 Å². The van der Waals surface area contributed by atoms with Gasteiger partial charge in [-0.1, -0.05) is 18.2 Å².